The Morgan fingerprint density at radius 2 is 2.21 bits per heavy atom. The first-order chi connectivity index (χ1) is 9.16. The van der Waals surface area contributed by atoms with Crippen molar-refractivity contribution in [2.45, 2.75) is 32.1 Å². The van der Waals surface area contributed by atoms with Crippen molar-refractivity contribution in [3.63, 3.8) is 0 Å². The van der Waals surface area contributed by atoms with Crippen LogP contribution in [0.5, 0.6) is 0 Å². The molecular weight excluding hydrogens is 248 g/mol. The summed E-state index contributed by atoms with van der Waals surface area (Å²) < 4.78 is 0. The number of rotatable bonds is 4. The Bertz CT molecular complexity index is 599. The van der Waals surface area contributed by atoms with Gasteiger partial charge in [-0.25, -0.2) is 9.89 Å². The van der Waals surface area contributed by atoms with E-state index in [-0.39, 0.29) is 5.69 Å². The fraction of sp³-hybridized carbons (Fsp3) is 0.500. The van der Waals surface area contributed by atoms with E-state index in [0.29, 0.717) is 6.54 Å². The van der Waals surface area contributed by atoms with E-state index < -0.39 is 17.2 Å². The fourth-order valence-electron chi connectivity index (χ4n) is 2.05. The summed E-state index contributed by atoms with van der Waals surface area (Å²) in [5.41, 5.74) is -0.487. The lowest BCUT2D eigenvalue weighted by Crippen LogP contribution is -2.36. The molecule has 0 fully saturated rings. The third-order valence-corrected chi connectivity index (χ3v) is 3.04. The van der Waals surface area contributed by atoms with E-state index in [1.807, 2.05) is 10.1 Å². The minimum Gasteiger partial charge on any atom is -0.350 e. The third kappa shape index (κ3) is 3.64. The third-order valence-electron chi connectivity index (χ3n) is 3.04. The van der Waals surface area contributed by atoms with E-state index in [1.165, 1.54) is 18.4 Å². The van der Waals surface area contributed by atoms with Crippen LogP contribution in [0.2, 0.25) is 0 Å². The van der Waals surface area contributed by atoms with Gasteiger partial charge in [0.05, 0.1) is 0 Å². The van der Waals surface area contributed by atoms with E-state index in [9.17, 15) is 14.4 Å². The number of carbonyl (C=O) groups excluding carboxylic acids is 1. The molecule has 1 aliphatic carbocycles. The monoisotopic (exact) mass is 264 g/mol. The maximum absolute atomic E-state index is 11.7. The molecule has 3 N–H and O–H groups in total. The molecule has 0 aromatic carbocycles. The SMILES string of the molecule is O=C(NCCC1=CCCCC1)c1n[nH]c(=O)[nH]c1=O. The number of amides is 1. The summed E-state index contributed by atoms with van der Waals surface area (Å²) in [6, 6.07) is 0. The zero-order chi connectivity index (χ0) is 13.7. The van der Waals surface area contributed by atoms with Crippen LogP contribution >= 0.6 is 0 Å². The summed E-state index contributed by atoms with van der Waals surface area (Å²) in [5, 5.41) is 8.09. The fourth-order valence-corrected chi connectivity index (χ4v) is 2.05. The molecule has 102 valence electrons. The molecule has 0 aliphatic heterocycles. The van der Waals surface area contributed by atoms with Gasteiger partial charge in [-0.05, 0) is 32.1 Å². The maximum atomic E-state index is 11.7. The van der Waals surface area contributed by atoms with Gasteiger partial charge in [-0.2, -0.15) is 5.10 Å². The molecule has 0 unspecified atom stereocenters. The van der Waals surface area contributed by atoms with Gasteiger partial charge >= 0.3 is 5.69 Å². The van der Waals surface area contributed by atoms with Gasteiger partial charge in [0.15, 0.2) is 0 Å². The molecule has 7 nitrogen and oxygen atoms in total. The predicted molar refractivity (Wildman–Crippen MR) is 69.0 cm³/mol. The average molecular weight is 264 g/mol. The highest BCUT2D eigenvalue weighted by molar-refractivity contribution is 5.91. The number of aromatic amines is 2. The van der Waals surface area contributed by atoms with Crippen molar-refractivity contribution < 1.29 is 4.79 Å². The number of nitrogens with zero attached hydrogens (tertiary/aromatic N) is 1. The number of aromatic nitrogens is 3. The summed E-state index contributed by atoms with van der Waals surface area (Å²) in [6.45, 7) is 0.463. The average Bonchev–Trinajstić information content (AvgIpc) is 2.39. The molecule has 1 heterocycles. The van der Waals surface area contributed by atoms with Crippen molar-refractivity contribution in [1.29, 1.82) is 0 Å². The first kappa shape index (κ1) is 13.3. The van der Waals surface area contributed by atoms with Crippen LogP contribution in [0.4, 0.5) is 0 Å². The lowest BCUT2D eigenvalue weighted by Gasteiger charge is -2.12. The van der Waals surface area contributed by atoms with Crippen LogP contribution in [0, 0.1) is 0 Å². The Morgan fingerprint density at radius 1 is 1.37 bits per heavy atom. The first-order valence-electron chi connectivity index (χ1n) is 6.32. The molecule has 0 atom stereocenters. The minimum absolute atomic E-state index is 0.322. The molecule has 2 rings (SSSR count). The van der Waals surface area contributed by atoms with Gasteiger partial charge in [0.1, 0.15) is 0 Å². The van der Waals surface area contributed by atoms with Crippen LogP contribution in [0.15, 0.2) is 21.2 Å². The standard InChI is InChI=1S/C12H16N4O3/c17-10(9-11(18)14-12(19)16-15-9)13-7-6-8-4-2-1-3-5-8/h4H,1-3,5-7H2,(H,13,17)(H2,14,16,18,19). The van der Waals surface area contributed by atoms with Crippen LogP contribution in [-0.4, -0.2) is 27.6 Å². The van der Waals surface area contributed by atoms with Crippen LogP contribution in [0.3, 0.4) is 0 Å². The number of nitrogens with one attached hydrogen (secondary N) is 3. The van der Waals surface area contributed by atoms with Gasteiger partial charge < -0.3 is 5.32 Å². The highest BCUT2D eigenvalue weighted by Crippen LogP contribution is 2.19. The van der Waals surface area contributed by atoms with Crippen molar-refractivity contribution in [1.82, 2.24) is 20.5 Å². The van der Waals surface area contributed by atoms with Gasteiger partial charge in [-0.3, -0.25) is 14.6 Å². The molecule has 1 aromatic rings. The number of hydrogen-bond acceptors (Lipinski definition) is 4. The van der Waals surface area contributed by atoms with Crippen LogP contribution in [0.25, 0.3) is 0 Å². The van der Waals surface area contributed by atoms with E-state index in [4.69, 9.17) is 0 Å². The smallest absolute Gasteiger partial charge is 0.342 e. The quantitative estimate of drug-likeness (QED) is 0.669. The molecule has 0 bridgehead atoms. The largest absolute Gasteiger partial charge is 0.350 e. The van der Waals surface area contributed by atoms with Crippen molar-refractivity contribution in [3.05, 3.63) is 38.2 Å². The first-order valence-corrected chi connectivity index (χ1v) is 6.32. The minimum atomic E-state index is -0.780. The zero-order valence-corrected chi connectivity index (χ0v) is 10.5. The van der Waals surface area contributed by atoms with E-state index in [2.05, 4.69) is 16.5 Å². The highest BCUT2D eigenvalue weighted by atomic mass is 16.2. The topological polar surface area (TPSA) is 108 Å². The maximum Gasteiger partial charge on any atom is 0.342 e. The molecule has 0 radical (unpaired) electrons. The van der Waals surface area contributed by atoms with Crippen molar-refractivity contribution >= 4 is 5.91 Å². The Labute approximate surface area is 109 Å². The molecule has 1 aliphatic rings. The molecule has 0 saturated heterocycles. The van der Waals surface area contributed by atoms with Crippen molar-refractivity contribution in [2.75, 3.05) is 6.54 Å². The van der Waals surface area contributed by atoms with Gasteiger partial charge in [-0.1, -0.05) is 11.6 Å². The van der Waals surface area contributed by atoms with Crippen LogP contribution in [0.1, 0.15) is 42.6 Å². The van der Waals surface area contributed by atoms with E-state index in [1.54, 1.807) is 0 Å². The highest BCUT2D eigenvalue weighted by Gasteiger charge is 2.12. The molecule has 0 saturated carbocycles. The molecule has 7 heteroatoms. The van der Waals surface area contributed by atoms with Gasteiger partial charge in [0.2, 0.25) is 5.69 Å². The van der Waals surface area contributed by atoms with Crippen LogP contribution < -0.4 is 16.6 Å². The Balaban J connectivity index is 1.89. The lowest BCUT2D eigenvalue weighted by molar-refractivity contribution is 0.0946. The molecule has 1 aromatic heterocycles. The van der Waals surface area contributed by atoms with Gasteiger partial charge in [0, 0.05) is 6.54 Å². The molecule has 1 amide bonds. The normalized spacial score (nSPS) is 14.8. The zero-order valence-electron chi connectivity index (χ0n) is 10.5. The summed E-state index contributed by atoms with van der Waals surface area (Å²) in [4.78, 5) is 35.8. The summed E-state index contributed by atoms with van der Waals surface area (Å²) >= 11 is 0. The molecule has 0 spiro atoms. The van der Waals surface area contributed by atoms with E-state index >= 15 is 0 Å². The van der Waals surface area contributed by atoms with E-state index in [0.717, 1.165) is 19.3 Å². The Hall–Kier alpha value is -2.18. The summed E-state index contributed by atoms with van der Waals surface area (Å²) in [5.74, 6) is -0.575. The number of allylic oxidation sites excluding steroid dienone is 1. The molecule has 19 heavy (non-hydrogen) atoms. The van der Waals surface area contributed by atoms with Crippen LogP contribution in [-0.2, 0) is 0 Å². The number of H-pyrrole nitrogens is 2. The lowest BCUT2D eigenvalue weighted by atomic mass is 9.97. The van der Waals surface area contributed by atoms with Gasteiger partial charge in [-0.15, -0.1) is 0 Å². The number of hydrogen-bond donors (Lipinski definition) is 3. The Kier molecular flexibility index (Phi) is 4.27. The second kappa shape index (κ2) is 6.12. The van der Waals surface area contributed by atoms with Crippen molar-refractivity contribution in [3.8, 4) is 0 Å². The summed E-state index contributed by atoms with van der Waals surface area (Å²) in [7, 11) is 0. The van der Waals surface area contributed by atoms with Gasteiger partial charge in [0.25, 0.3) is 11.5 Å². The summed E-state index contributed by atoms with van der Waals surface area (Å²) in [6.07, 6.45) is 7.60. The molecular formula is C12H16N4O3. The number of carbonyl (C=O) groups is 1. The Morgan fingerprint density at radius 3 is 2.89 bits per heavy atom. The second-order valence-electron chi connectivity index (χ2n) is 4.47. The predicted octanol–water partition coefficient (Wildman–Crippen LogP) is 0.0785. The second-order valence-corrected chi connectivity index (χ2v) is 4.47. The van der Waals surface area contributed by atoms with Crippen molar-refractivity contribution in [2.24, 2.45) is 0 Å².